The predicted octanol–water partition coefficient (Wildman–Crippen LogP) is 5.81. The van der Waals surface area contributed by atoms with E-state index in [1.54, 1.807) is 62.5 Å². The number of nitrogens with one attached hydrogen (secondary N) is 1. The van der Waals surface area contributed by atoms with Crippen LogP contribution >= 0.6 is 7.60 Å². The Bertz CT molecular complexity index is 1280. The van der Waals surface area contributed by atoms with Crippen LogP contribution in [0, 0.1) is 11.8 Å². The summed E-state index contributed by atoms with van der Waals surface area (Å²) in [6.45, 7) is 4.04. The first-order valence-corrected chi connectivity index (χ1v) is 16.3. The number of pyridine rings is 1. The van der Waals surface area contributed by atoms with Gasteiger partial charge in [0.05, 0.1) is 23.5 Å². The van der Waals surface area contributed by atoms with Gasteiger partial charge in [-0.3, -0.25) is 9.36 Å². The summed E-state index contributed by atoms with van der Waals surface area (Å²) in [5.74, 6) is 2.44. The number of hydrogen-bond acceptors (Lipinski definition) is 7. The smallest absolute Gasteiger partial charge is 0.310 e. The van der Waals surface area contributed by atoms with Crippen LogP contribution in [0.4, 0.5) is 5.82 Å². The quantitative estimate of drug-likeness (QED) is 0.354. The van der Waals surface area contributed by atoms with E-state index in [0.29, 0.717) is 17.3 Å². The van der Waals surface area contributed by atoms with Crippen LogP contribution in [0.15, 0.2) is 53.3 Å². The Morgan fingerprint density at radius 1 is 1.11 bits per heavy atom. The lowest BCUT2D eigenvalue weighted by Gasteiger charge is -2.21. The Labute approximate surface area is 219 Å². The third-order valence-electron chi connectivity index (χ3n) is 7.28. The molecule has 0 saturated heterocycles. The summed E-state index contributed by atoms with van der Waals surface area (Å²) in [5.41, 5.74) is 0.850. The number of carbonyl (C=O) groups excluding carboxylic acids is 1. The molecule has 4 rings (SSSR count). The minimum absolute atomic E-state index is 0.121. The van der Waals surface area contributed by atoms with Gasteiger partial charge in [0.25, 0.3) is 0 Å². The number of benzene rings is 1. The van der Waals surface area contributed by atoms with Crippen LogP contribution in [0.1, 0.15) is 57.1 Å². The molecule has 1 heterocycles. The van der Waals surface area contributed by atoms with Crippen LogP contribution in [0.25, 0.3) is 6.08 Å². The summed E-state index contributed by atoms with van der Waals surface area (Å²) >= 11 is 0. The first-order valence-electron chi connectivity index (χ1n) is 12.8. The summed E-state index contributed by atoms with van der Waals surface area (Å²) in [6, 6.07) is 10.2. The molecule has 2 fully saturated rings. The highest BCUT2D eigenvalue weighted by atomic mass is 32.2. The normalized spacial score (nSPS) is 22.4. The molecular formula is C27H35N2O6PS. The van der Waals surface area contributed by atoms with Crippen molar-refractivity contribution in [2.45, 2.75) is 56.3 Å². The van der Waals surface area contributed by atoms with Gasteiger partial charge in [-0.1, -0.05) is 37.8 Å². The molecule has 2 aliphatic rings. The molecule has 200 valence electrons. The van der Waals surface area contributed by atoms with E-state index in [1.807, 2.05) is 0 Å². The fourth-order valence-electron chi connectivity index (χ4n) is 5.41. The number of aromatic nitrogens is 1. The zero-order valence-electron chi connectivity index (χ0n) is 21.6. The average molecular weight is 547 g/mol. The van der Waals surface area contributed by atoms with E-state index in [2.05, 4.69) is 10.3 Å². The van der Waals surface area contributed by atoms with Crippen LogP contribution in [0.5, 0.6) is 0 Å². The maximum Gasteiger partial charge on any atom is 0.354 e. The van der Waals surface area contributed by atoms with Crippen molar-refractivity contribution in [1.82, 2.24) is 4.98 Å². The first kappa shape index (κ1) is 27.7. The van der Waals surface area contributed by atoms with Crippen molar-refractivity contribution in [3.8, 4) is 0 Å². The van der Waals surface area contributed by atoms with E-state index in [0.717, 1.165) is 24.8 Å². The molecule has 2 atom stereocenters. The average Bonchev–Trinajstić information content (AvgIpc) is 3.39. The second kappa shape index (κ2) is 11.2. The molecule has 0 spiro atoms. The van der Waals surface area contributed by atoms with Crippen molar-refractivity contribution in [2.75, 3.05) is 24.8 Å². The Kier molecular flexibility index (Phi) is 8.38. The maximum atomic E-state index is 13.7. The highest BCUT2D eigenvalue weighted by molar-refractivity contribution is 7.90. The third-order valence-corrected chi connectivity index (χ3v) is 10.2. The highest BCUT2D eigenvalue weighted by Crippen LogP contribution is 2.61. The van der Waals surface area contributed by atoms with Crippen molar-refractivity contribution in [3.63, 3.8) is 0 Å². The number of nitrogens with zero attached hydrogens (tertiary/aromatic N) is 1. The summed E-state index contributed by atoms with van der Waals surface area (Å²) in [4.78, 5) is 18.3. The van der Waals surface area contributed by atoms with Gasteiger partial charge in [-0.2, -0.15) is 0 Å². The zero-order valence-corrected chi connectivity index (χ0v) is 23.3. The monoisotopic (exact) mass is 546 g/mol. The SMILES string of the molecule is CCOP(=O)(/C=C/c1ccc(NC(=O)[C@@]2(c3ccc(S(C)(=O)=O)cc3)CC2C2CCCC2)nc1)OCC. The van der Waals surface area contributed by atoms with Gasteiger partial charge in [-0.05, 0) is 73.6 Å². The standard InChI is InChI=1S/C27H35N2O6PS/c1-4-34-36(31,35-5-2)17-16-20-10-15-25(28-19-20)29-26(30)27(18-24(27)21-8-6-7-9-21)22-11-13-23(14-12-22)37(3,32)33/h10-17,19,21,24H,4-9,18H2,1-3H3,(H,28,29,30)/b17-16+/t24?,27-/m1/s1. The van der Waals surface area contributed by atoms with Crippen molar-refractivity contribution < 1.29 is 26.8 Å². The highest BCUT2D eigenvalue weighted by Gasteiger charge is 2.63. The molecule has 0 radical (unpaired) electrons. The molecule has 0 aliphatic heterocycles. The van der Waals surface area contributed by atoms with Crippen molar-refractivity contribution in [3.05, 3.63) is 59.5 Å². The predicted molar refractivity (Wildman–Crippen MR) is 144 cm³/mol. The fraction of sp³-hybridized carbons (Fsp3) is 0.481. The minimum Gasteiger partial charge on any atom is -0.310 e. The molecule has 1 unspecified atom stereocenters. The molecule has 1 aromatic heterocycles. The molecule has 2 aromatic rings. The Balaban J connectivity index is 1.52. The zero-order chi connectivity index (χ0) is 26.7. The second-order valence-electron chi connectivity index (χ2n) is 9.75. The lowest BCUT2D eigenvalue weighted by atomic mass is 9.86. The molecule has 37 heavy (non-hydrogen) atoms. The topological polar surface area (TPSA) is 112 Å². The van der Waals surface area contributed by atoms with Crippen molar-refractivity contribution in [1.29, 1.82) is 0 Å². The van der Waals surface area contributed by atoms with E-state index in [-0.39, 0.29) is 29.9 Å². The first-order chi connectivity index (χ1) is 17.6. The van der Waals surface area contributed by atoms with Gasteiger partial charge in [0.2, 0.25) is 5.91 Å². The second-order valence-corrected chi connectivity index (χ2v) is 13.7. The van der Waals surface area contributed by atoms with Crippen LogP contribution in [0.2, 0.25) is 0 Å². The molecule has 8 nitrogen and oxygen atoms in total. The third kappa shape index (κ3) is 6.23. The molecule has 10 heteroatoms. The molecule has 1 amide bonds. The van der Waals surface area contributed by atoms with Gasteiger partial charge >= 0.3 is 7.60 Å². The fourth-order valence-corrected chi connectivity index (χ4v) is 7.36. The molecular weight excluding hydrogens is 511 g/mol. The van der Waals surface area contributed by atoms with Gasteiger partial charge in [-0.25, -0.2) is 13.4 Å². The Hall–Kier alpha value is -2.32. The van der Waals surface area contributed by atoms with Gasteiger partial charge in [0, 0.05) is 18.3 Å². The number of amides is 1. The summed E-state index contributed by atoms with van der Waals surface area (Å²) in [6.07, 6.45) is 9.74. The van der Waals surface area contributed by atoms with Crippen LogP contribution < -0.4 is 5.32 Å². The van der Waals surface area contributed by atoms with Crippen LogP contribution in [-0.2, 0) is 33.7 Å². The van der Waals surface area contributed by atoms with Crippen LogP contribution in [0.3, 0.4) is 0 Å². The lowest BCUT2D eigenvalue weighted by molar-refractivity contribution is -0.119. The molecule has 0 bridgehead atoms. The summed E-state index contributed by atoms with van der Waals surface area (Å²) in [7, 11) is -6.63. The van der Waals surface area contributed by atoms with Gasteiger partial charge in [0.1, 0.15) is 5.82 Å². The van der Waals surface area contributed by atoms with Gasteiger partial charge in [-0.15, -0.1) is 0 Å². The largest absolute Gasteiger partial charge is 0.354 e. The molecule has 1 aromatic carbocycles. The number of hydrogen-bond donors (Lipinski definition) is 1. The molecule has 2 saturated carbocycles. The summed E-state index contributed by atoms with van der Waals surface area (Å²) < 4.78 is 47.0. The number of anilines is 1. The van der Waals surface area contributed by atoms with E-state index < -0.39 is 22.8 Å². The van der Waals surface area contributed by atoms with Crippen LogP contribution in [-0.4, -0.2) is 38.8 Å². The van der Waals surface area contributed by atoms with E-state index in [9.17, 15) is 17.8 Å². The van der Waals surface area contributed by atoms with Crippen molar-refractivity contribution in [2.24, 2.45) is 11.8 Å². The minimum atomic E-state index is -3.32. The van der Waals surface area contributed by atoms with E-state index in [4.69, 9.17) is 9.05 Å². The van der Waals surface area contributed by atoms with Gasteiger partial charge in [0.15, 0.2) is 9.84 Å². The van der Waals surface area contributed by atoms with E-state index >= 15 is 0 Å². The Morgan fingerprint density at radius 3 is 2.30 bits per heavy atom. The molecule has 1 N–H and O–H groups in total. The maximum absolute atomic E-state index is 13.7. The van der Waals surface area contributed by atoms with E-state index in [1.165, 1.54) is 24.9 Å². The lowest BCUT2D eigenvalue weighted by Crippen LogP contribution is -2.31. The molecule has 2 aliphatic carbocycles. The summed E-state index contributed by atoms with van der Waals surface area (Å²) in [5, 5.41) is 2.99. The number of carbonyl (C=O) groups is 1. The van der Waals surface area contributed by atoms with Gasteiger partial charge < -0.3 is 14.4 Å². The number of rotatable bonds is 11. The Morgan fingerprint density at radius 2 is 1.76 bits per heavy atom. The number of sulfone groups is 1. The van der Waals surface area contributed by atoms with Crippen molar-refractivity contribution >= 4 is 35.2 Å².